The summed E-state index contributed by atoms with van der Waals surface area (Å²) in [6.45, 7) is 0. The number of benzene rings is 2. The Labute approximate surface area is 119 Å². The molecule has 0 amide bonds. The third-order valence-corrected chi connectivity index (χ3v) is 3.94. The van der Waals surface area contributed by atoms with Crippen molar-refractivity contribution in [2.75, 3.05) is 0 Å². The Morgan fingerprint density at radius 2 is 1.95 bits per heavy atom. The largest absolute Gasteiger partial charge is 0.502 e. The number of rotatable bonds is 3. The molecule has 0 fully saturated rings. The van der Waals surface area contributed by atoms with Gasteiger partial charge in [0.1, 0.15) is 0 Å². The Bertz CT molecular complexity index is 809. The van der Waals surface area contributed by atoms with Crippen LogP contribution in [-0.2, 0) is 5.75 Å². The van der Waals surface area contributed by atoms with E-state index in [4.69, 9.17) is 5.11 Å². The average Bonchev–Trinajstić information content (AvgIpc) is 2.48. The number of aromatic amines is 1. The third-order valence-electron chi connectivity index (χ3n) is 3.00. The fourth-order valence-electron chi connectivity index (χ4n) is 2.01. The van der Waals surface area contributed by atoms with Gasteiger partial charge in [-0.3, -0.25) is 9.78 Å². The van der Waals surface area contributed by atoms with Gasteiger partial charge in [0.2, 0.25) is 0 Å². The minimum Gasteiger partial charge on any atom is -0.502 e. The molecular formula is C15H12N2O2S. The van der Waals surface area contributed by atoms with Crippen LogP contribution in [0.4, 0.5) is 0 Å². The second-order valence-corrected chi connectivity index (χ2v) is 5.29. The third kappa shape index (κ3) is 2.53. The van der Waals surface area contributed by atoms with Gasteiger partial charge in [-0.25, -0.2) is 4.98 Å². The Morgan fingerprint density at radius 3 is 2.80 bits per heavy atom. The van der Waals surface area contributed by atoms with Gasteiger partial charge in [-0.1, -0.05) is 54.2 Å². The van der Waals surface area contributed by atoms with Crippen LogP contribution in [0.1, 0.15) is 5.56 Å². The molecule has 1 aromatic heterocycles. The van der Waals surface area contributed by atoms with E-state index in [9.17, 15) is 4.79 Å². The first kappa shape index (κ1) is 12.7. The number of hydrogen-bond donors (Lipinski definition) is 2. The molecular weight excluding hydrogens is 272 g/mol. The predicted molar refractivity (Wildman–Crippen MR) is 80.0 cm³/mol. The van der Waals surface area contributed by atoms with Crippen LogP contribution >= 0.6 is 11.8 Å². The van der Waals surface area contributed by atoms with Crippen molar-refractivity contribution < 1.29 is 5.11 Å². The molecule has 0 spiro atoms. The van der Waals surface area contributed by atoms with E-state index in [1.54, 1.807) is 0 Å². The summed E-state index contributed by atoms with van der Waals surface area (Å²) in [7, 11) is 0. The van der Waals surface area contributed by atoms with Crippen molar-refractivity contribution in [3.8, 4) is 5.75 Å². The molecule has 1 heterocycles. The maximum absolute atomic E-state index is 11.3. The van der Waals surface area contributed by atoms with Crippen molar-refractivity contribution in [2.24, 2.45) is 0 Å². The fraction of sp³-hybridized carbons (Fsp3) is 0.0667. The molecule has 0 bridgehead atoms. The average molecular weight is 284 g/mol. The van der Waals surface area contributed by atoms with Crippen molar-refractivity contribution in [2.45, 2.75) is 10.9 Å². The number of aromatic hydroxyl groups is 1. The lowest BCUT2D eigenvalue weighted by atomic mass is 10.1. The van der Waals surface area contributed by atoms with Crippen LogP contribution in [0.15, 0.2) is 58.6 Å². The first-order valence-electron chi connectivity index (χ1n) is 6.12. The van der Waals surface area contributed by atoms with Crippen LogP contribution in [0.5, 0.6) is 5.75 Å². The molecule has 100 valence electrons. The van der Waals surface area contributed by atoms with E-state index < -0.39 is 5.56 Å². The predicted octanol–water partition coefficient (Wildman–Crippen LogP) is 2.92. The monoisotopic (exact) mass is 284 g/mol. The number of thioether (sulfide) groups is 1. The van der Waals surface area contributed by atoms with Crippen LogP contribution in [0.3, 0.4) is 0 Å². The fourth-order valence-corrected chi connectivity index (χ4v) is 2.85. The van der Waals surface area contributed by atoms with Crippen molar-refractivity contribution in [3.63, 3.8) is 0 Å². The SMILES string of the molecule is O=c1[nH]c(SCc2cccc3ccccc23)ncc1O. The molecule has 4 nitrogen and oxygen atoms in total. The summed E-state index contributed by atoms with van der Waals surface area (Å²) >= 11 is 1.43. The van der Waals surface area contributed by atoms with Crippen LogP contribution in [0.25, 0.3) is 10.8 Å². The molecule has 2 N–H and O–H groups in total. The molecule has 2 aromatic carbocycles. The maximum atomic E-state index is 11.3. The van der Waals surface area contributed by atoms with Crippen molar-refractivity contribution in [1.29, 1.82) is 0 Å². The number of nitrogens with zero attached hydrogens (tertiary/aromatic N) is 1. The van der Waals surface area contributed by atoms with Crippen molar-refractivity contribution in [3.05, 3.63) is 64.6 Å². The first-order valence-corrected chi connectivity index (χ1v) is 7.10. The molecule has 0 saturated heterocycles. The molecule has 5 heteroatoms. The smallest absolute Gasteiger partial charge is 0.293 e. The standard InChI is InChI=1S/C15H12N2O2S/c18-13-8-16-15(17-14(13)19)20-9-11-6-3-5-10-4-1-2-7-12(10)11/h1-8,18H,9H2,(H,16,17,19). The van der Waals surface area contributed by atoms with E-state index in [1.807, 2.05) is 18.2 Å². The lowest BCUT2D eigenvalue weighted by molar-refractivity contribution is 0.460. The van der Waals surface area contributed by atoms with E-state index >= 15 is 0 Å². The van der Waals surface area contributed by atoms with Crippen LogP contribution in [0.2, 0.25) is 0 Å². The molecule has 20 heavy (non-hydrogen) atoms. The molecule has 0 aliphatic rings. The Morgan fingerprint density at radius 1 is 1.15 bits per heavy atom. The van der Waals surface area contributed by atoms with Crippen molar-refractivity contribution >= 4 is 22.5 Å². The van der Waals surface area contributed by atoms with Gasteiger partial charge in [0.15, 0.2) is 10.9 Å². The number of nitrogens with one attached hydrogen (secondary N) is 1. The van der Waals surface area contributed by atoms with Crippen LogP contribution < -0.4 is 5.56 Å². The number of hydrogen-bond acceptors (Lipinski definition) is 4. The summed E-state index contributed by atoms with van der Waals surface area (Å²) in [6.07, 6.45) is 1.17. The zero-order valence-corrected chi connectivity index (χ0v) is 11.4. The van der Waals surface area contributed by atoms with Gasteiger partial charge in [0.05, 0.1) is 6.20 Å². The number of aromatic nitrogens is 2. The molecule has 0 atom stereocenters. The quantitative estimate of drug-likeness (QED) is 0.573. The molecule has 0 radical (unpaired) electrons. The Balaban J connectivity index is 1.86. The molecule has 0 aliphatic carbocycles. The van der Waals surface area contributed by atoms with E-state index in [0.29, 0.717) is 10.9 Å². The van der Waals surface area contributed by atoms with E-state index in [-0.39, 0.29) is 5.75 Å². The van der Waals surface area contributed by atoms with Crippen LogP contribution in [0, 0.1) is 0 Å². The topological polar surface area (TPSA) is 66.0 Å². The Hall–Kier alpha value is -2.27. The maximum Gasteiger partial charge on any atom is 0.293 e. The van der Waals surface area contributed by atoms with Gasteiger partial charge in [-0.05, 0) is 16.3 Å². The lowest BCUT2D eigenvalue weighted by Crippen LogP contribution is -2.06. The zero-order chi connectivity index (χ0) is 13.9. The van der Waals surface area contributed by atoms with Gasteiger partial charge < -0.3 is 5.11 Å². The van der Waals surface area contributed by atoms with Crippen LogP contribution in [-0.4, -0.2) is 15.1 Å². The van der Waals surface area contributed by atoms with Crippen molar-refractivity contribution in [1.82, 2.24) is 9.97 Å². The summed E-state index contributed by atoms with van der Waals surface area (Å²) in [6, 6.07) is 14.3. The minimum absolute atomic E-state index is 0.362. The molecule has 3 rings (SSSR count). The summed E-state index contributed by atoms with van der Waals surface area (Å²) in [5.41, 5.74) is 0.671. The van der Waals surface area contributed by atoms with Gasteiger partial charge in [0, 0.05) is 5.75 Å². The van der Waals surface area contributed by atoms with Gasteiger partial charge in [0.25, 0.3) is 5.56 Å². The van der Waals surface area contributed by atoms with Gasteiger partial charge >= 0.3 is 0 Å². The van der Waals surface area contributed by atoms with Gasteiger partial charge in [-0.2, -0.15) is 0 Å². The van der Waals surface area contributed by atoms with Gasteiger partial charge in [-0.15, -0.1) is 0 Å². The molecule has 0 saturated carbocycles. The summed E-state index contributed by atoms with van der Waals surface area (Å²) in [5, 5.41) is 12.0. The van der Waals surface area contributed by atoms with E-state index in [1.165, 1.54) is 34.3 Å². The zero-order valence-electron chi connectivity index (χ0n) is 10.5. The highest BCUT2D eigenvalue weighted by Crippen LogP contribution is 2.25. The summed E-state index contributed by atoms with van der Waals surface area (Å²) in [4.78, 5) is 17.8. The van der Waals surface area contributed by atoms with E-state index in [2.05, 4.69) is 34.2 Å². The first-order chi connectivity index (χ1) is 9.74. The second-order valence-electron chi connectivity index (χ2n) is 4.33. The summed E-state index contributed by atoms with van der Waals surface area (Å²) < 4.78 is 0. The highest BCUT2D eigenvalue weighted by Gasteiger charge is 2.04. The molecule has 0 aliphatic heterocycles. The molecule has 0 unspecified atom stereocenters. The molecule has 3 aromatic rings. The normalized spacial score (nSPS) is 10.8. The second kappa shape index (κ2) is 5.38. The highest BCUT2D eigenvalue weighted by atomic mass is 32.2. The van der Waals surface area contributed by atoms with E-state index in [0.717, 1.165) is 0 Å². The summed E-state index contributed by atoms with van der Waals surface area (Å²) in [5.74, 6) is 0.342. The lowest BCUT2D eigenvalue weighted by Gasteiger charge is -2.05. The highest BCUT2D eigenvalue weighted by molar-refractivity contribution is 7.98. The number of H-pyrrole nitrogens is 1. The Kier molecular flexibility index (Phi) is 3.43. The minimum atomic E-state index is -0.514. The number of fused-ring (bicyclic) bond motifs is 1.